The summed E-state index contributed by atoms with van der Waals surface area (Å²) in [4.78, 5) is 15.2. The van der Waals surface area contributed by atoms with Crippen molar-refractivity contribution in [2.75, 3.05) is 5.32 Å². The summed E-state index contributed by atoms with van der Waals surface area (Å²) in [6.07, 6.45) is 0. The topological polar surface area (TPSA) is 75.4 Å². The predicted octanol–water partition coefficient (Wildman–Crippen LogP) is 3.45. The van der Waals surface area contributed by atoms with Crippen molar-refractivity contribution in [3.63, 3.8) is 0 Å². The van der Waals surface area contributed by atoms with Crippen LogP contribution < -0.4 is 5.32 Å². The average Bonchev–Trinajstić information content (AvgIpc) is 2.87. The van der Waals surface area contributed by atoms with Crippen molar-refractivity contribution in [2.45, 2.75) is 13.5 Å². The van der Waals surface area contributed by atoms with E-state index < -0.39 is 5.97 Å². The van der Waals surface area contributed by atoms with Crippen LogP contribution in [-0.4, -0.2) is 16.1 Å². The Morgan fingerprint density at radius 2 is 2.14 bits per heavy atom. The number of rotatable bonds is 4. The van der Waals surface area contributed by atoms with Gasteiger partial charge in [0.25, 0.3) is 6.01 Å². The molecule has 0 bridgehead atoms. The van der Waals surface area contributed by atoms with E-state index in [1.54, 1.807) is 6.07 Å². The predicted molar refractivity (Wildman–Crippen MR) is 79.5 cm³/mol. The summed E-state index contributed by atoms with van der Waals surface area (Å²) in [7, 11) is 0. The van der Waals surface area contributed by atoms with E-state index >= 15 is 0 Å². The molecule has 0 amide bonds. The Kier molecular flexibility index (Phi) is 3.31. The molecule has 0 fully saturated rings. The van der Waals surface area contributed by atoms with Gasteiger partial charge < -0.3 is 14.8 Å². The Morgan fingerprint density at radius 3 is 2.90 bits per heavy atom. The van der Waals surface area contributed by atoms with Gasteiger partial charge in [0.15, 0.2) is 5.58 Å². The van der Waals surface area contributed by atoms with Crippen molar-refractivity contribution in [3.8, 4) is 0 Å². The maximum atomic E-state index is 10.9. The van der Waals surface area contributed by atoms with Crippen molar-refractivity contribution in [2.24, 2.45) is 0 Å². The van der Waals surface area contributed by atoms with Gasteiger partial charge in [0.1, 0.15) is 5.52 Å². The molecule has 106 valence electrons. The summed E-state index contributed by atoms with van der Waals surface area (Å²) < 4.78 is 5.53. The molecular weight excluding hydrogens is 268 g/mol. The maximum Gasteiger partial charge on any atom is 0.335 e. The summed E-state index contributed by atoms with van der Waals surface area (Å²) in [6, 6.07) is 13.1. The molecule has 0 aliphatic rings. The van der Waals surface area contributed by atoms with Gasteiger partial charge in [-0.3, -0.25) is 0 Å². The molecule has 0 atom stereocenters. The molecule has 5 nitrogen and oxygen atoms in total. The number of aryl methyl sites for hydroxylation is 1. The van der Waals surface area contributed by atoms with Gasteiger partial charge in [-0.05, 0) is 30.7 Å². The lowest BCUT2D eigenvalue weighted by Crippen LogP contribution is -1.99. The van der Waals surface area contributed by atoms with Crippen molar-refractivity contribution < 1.29 is 14.3 Å². The molecule has 2 N–H and O–H groups in total. The second-order valence-corrected chi connectivity index (χ2v) is 4.85. The zero-order chi connectivity index (χ0) is 14.8. The molecule has 3 aromatic rings. The largest absolute Gasteiger partial charge is 0.478 e. The van der Waals surface area contributed by atoms with Crippen LogP contribution in [0.1, 0.15) is 21.5 Å². The Labute approximate surface area is 121 Å². The molecule has 3 rings (SSSR count). The zero-order valence-electron chi connectivity index (χ0n) is 11.5. The summed E-state index contributed by atoms with van der Waals surface area (Å²) >= 11 is 0. The number of anilines is 1. The lowest BCUT2D eigenvalue weighted by Gasteiger charge is -2.02. The third-order valence-corrected chi connectivity index (χ3v) is 3.16. The van der Waals surface area contributed by atoms with Gasteiger partial charge >= 0.3 is 5.97 Å². The first-order valence-corrected chi connectivity index (χ1v) is 6.55. The fourth-order valence-electron chi connectivity index (χ4n) is 2.13. The highest BCUT2D eigenvalue weighted by Crippen LogP contribution is 2.20. The molecule has 1 heterocycles. The van der Waals surface area contributed by atoms with Gasteiger partial charge in [-0.15, -0.1) is 0 Å². The average molecular weight is 282 g/mol. The standard InChI is InChI=1S/C16H14N2O3/c1-10-3-2-4-11(7-10)9-17-16-18-13-6-5-12(15(19)20)8-14(13)21-16/h2-8H,9H2,1H3,(H,17,18)(H,19,20). The van der Waals surface area contributed by atoms with Crippen LogP contribution in [-0.2, 0) is 6.54 Å². The highest BCUT2D eigenvalue weighted by atomic mass is 16.4. The van der Waals surface area contributed by atoms with E-state index in [1.807, 2.05) is 25.1 Å². The Balaban J connectivity index is 1.80. The molecule has 0 aliphatic carbocycles. The lowest BCUT2D eigenvalue weighted by molar-refractivity contribution is 0.0697. The number of fused-ring (bicyclic) bond motifs is 1. The molecular formula is C16H14N2O3. The van der Waals surface area contributed by atoms with Crippen LogP contribution in [0, 0.1) is 6.92 Å². The number of nitrogens with zero attached hydrogens (tertiary/aromatic N) is 1. The van der Waals surface area contributed by atoms with E-state index in [1.165, 1.54) is 17.7 Å². The normalized spacial score (nSPS) is 10.7. The minimum absolute atomic E-state index is 0.184. The first-order valence-electron chi connectivity index (χ1n) is 6.55. The molecule has 21 heavy (non-hydrogen) atoms. The minimum Gasteiger partial charge on any atom is -0.478 e. The molecule has 0 aliphatic heterocycles. The highest BCUT2D eigenvalue weighted by Gasteiger charge is 2.09. The highest BCUT2D eigenvalue weighted by molar-refractivity contribution is 5.92. The van der Waals surface area contributed by atoms with Gasteiger partial charge in [-0.25, -0.2) is 4.79 Å². The van der Waals surface area contributed by atoms with Crippen LogP contribution in [0.5, 0.6) is 0 Å². The summed E-state index contributed by atoms with van der Waals surface area (Å²) in [5.74, 6) is -0.984. The Morgan fingerprint density at radius 1 is 1.29 bits per heavy atom. The summed E-state index contributed by atoms with van der Waals surface area (Å²) in [6.45, 7) is 2.64. The zero-order valence-corrected chi connectivity index (χ0v) is 11.5. The fraction of sp³-hybridized carbons (Fsp3) is 0.125. The number of hydrogen-bond donors (Lipinski definition) is 2. The summed E-state index contributed by atoms with van der Waals surface area (Å²) in [5.41, 5.74) is 3.60. The summed E-state index contributed by atoms with van der Waals surface area (Å²) in [5, 5.41) is 12.1. The Bertz CT molecular complexity index is 808. The first-order chi connectivity index (χ1) is 10.1. The van der Waals surface area contributed by atoms with Gasteiger partial charge in [-0.2, -0.15) is 4.98 Å². The molecule has 1 aromatic heterocycles. The fourth-order valence-corrected chi connectivity index (χ4v) is 2.13. The van der Waals surface area contributed by atoms with Gasteiger partial charge in [0.05, 0.1) is 5.56 Å². The molecule has 0 radical (unpaired) electrons. The molecule has 2 aromatic carbocycles. The smallest absolute Gasteiger partial charge is 0.335 e. The SMILES string of the molecule is Cc1cccc(CNc2nc3ccc(C(=O)O)cc3o2)c1. The maximum absolute atomic E-state index is 10.9. The van der Waals surface area contributed by atoms with E-state index in [0.29, 0.717) is 23.7 Å². The number of carboxylic acids is 1. The van der Waals surface area contributed by atoms with Crippen LogP contribution in [0.4, 0.5) is 6.01 Å². The van der Waals surface area contributed by atoms with Crippen LogP contribution in [0.25, 0.3) is 11.1 Å². The molecule has 0 saturated heterocycles. The number of aromatic carboxylic acids is 1. The number of oxazole rings is 1. The second kappa shape index (κ2) is 5.28. The van der Waals surface area contributed by atoms with Crippen molar-refractivity contribution in [1.82, 2.24) is 4.98 Å². The quantitative estimate of drug-likeness (QED) is 0.766. The van der Waals surface area contributed by atoms with Crippen molar-refractivity contribution in [1.29, 1.82) is 0 Å². The van der Waals surface area contributed by atoms with Gasteiger partial charge in [0, 0.05) is 6.54 Å². The number of carbonyl (C=O) groups is 1. The third kappa shape index (κ3) is 2.86. The van der Waals surface area contributed by atoms with Crippen LogP contribution >= 0.6 is 0 Å². The molecule has 0 unspecified atom stereocenters. The van der Waals surface area contributed by atoms with Crippen LogP contribution in [0.3, 0.4) is 0 Å². The number of nitrogens with one attached hydrogen (secondary N) is 1. The van der Waals surface area contributed by atoms with Crippen molar-refractivity contribution >= 4 is 23.1 Å². The van der Waals surface area contributed by atoms with E-state index in [4.69, 9.17) is 9.52 Å². The number of benzene rings is 2. The number of aromatic nitrogens is 1. The first kappa shape index (κ1) is 13.2. The lowest BCUT2D eigenvalue weighted by atomic mass is 10.1. The Hall–Kier alpha value is -2.82. The second-order valence-electron chi connectivity index (χ2n) is 4.85. The van der Waals surface area contributed by atoms with E-state index in [-0.39, 0.29) is 5.56 Å². The van der Waals surface area contributed by atoms with Gasteiger partial charge in [0.2, 0.25) is 0 Å². The van der Waals surface area contributed by atoms with Crippen LogP contribution in [0.15, 0.2) is 46.9 Å². The minimum atomic E-state index is -0.984. The van der Waals surface area contributed by atoms with E-state index in [9.17, 15) is 4.79 Å². The van der Waals surface area contributed by atoms with Crippen molar-refractivity contribution in [3.05, 3.63) is 59.2 Å². The van der Waals surface area contributed by atoms with E-state index in [0.717, 1.165) is 5.56 Å². The monoisotopic (exact) mass is 282 g/mol. The van der Waals surface area contributed by atoms with Crippen LogP contribution in [0.2, 0.25) is 0 Å². The molecule has 0 saturated carbocycles. The van der Waals surface area contributed by atoms with Gasteiger partial charge in [-0.1, -0.05) is 29.8 Å². The third-order valence-electron chi connectivity index (χ3n) is 3.16. The number of hydrogen-bond acceptors (Lipinski definition) is 4. The molecule has 0 spiro atoms. The molecule has 5 heteroatoms. The number of carboxylic acid groups (broad SMARTS) is 1. The van der Waals surface area contributed by atoms with E-state index in [2.05, 4.69) is 16.4 Å².